The molecule has 0 saturated heterocycles. The number of fused-ring (bicyclic) bond motifs is 5. The highest BCUT2D eigenvalue weighted by atomic mass is 15.3. The van der Waals surface area contributed by atoms with E-state index >= 15 is 0 Å². The zero-order valence-electron chi connectivity index (χ0n) is 22.8. The Kier molecular flexibility index (Phi) is 5.62. The standard InChI is InChI=1S/C38H30N2/c1-36(2)37(32-18-9-16-30(26-32)24-22-28-12-5-3-6-13-28)34-20-11-21-35(34)38(36,40-39-37)33-19-10-17-31(27-33)25-23-29-14-7-4-8-15-29/h3-20,26-27,34-35H,21H2,1-2H3/t34-,35+,37-,38+/m0/s1. The molecular weight excluding hydrogens is 484 g/mol. The molecule has 0 spiro atoms. The summed E-state index contributed by atoms with van der Waals surface area (Å²) in [5, 5.41) is 10.5. The van der Waals surface area contributed by atoms with Crippen molar-refractivity contribution in [2.75, 3.05) is 0 Å². The van der Waals surface area contributed by atoms with Crippen molar-refractivity contribution in [2.45, 2.75) is 31.3 Å². The fraction of sp³-hybridized carbons (Fsp3) is 0.211. The van der Waals surface area contributed by atoms with E-state index in [4.69, 9.17) is 10.2 Å². The van der Waals surface area contributed by atoms with Gasteiger partial charge in [-0.1, -0.05) is 110 Å². The van der Waals surface area contributed by atoms with Crippen LogP contribution in [0.15, 0.2) is 132 Å². The van der Waals surface area contributed by atoms with Crippen molar-refractivity contribution in [3.05, 3.63) is 155 Å². The van der Waals surface area contributed by atoms with Gasteiger partial charge in [-0.05, 0) is 66.1 Å². The Bertz CT molecular complexity index is 1780. The smallest absolute Gasteiger partial charge is 0.121 e. The molecule has 1 aliphatic heterocycles. The minimum atomic E-state index is -0.458. The molecule has 0 aromatic heterocycles. The molecule has 7 rings (SSSR count). The van der Waals surface area contributed by atoms with E-state index in [-0.39, 0.29) is 11.3 Å². The van der Waals surface area contributed by atoms with Crippen molar-refractivity contribution in [1.82, 2.24) is 0 Å². The molecule has 0 unspecified atom stereocenters. The average Bonchev–Trinajstić information content (AvgIpc) is 3.63. The highest BCUT2D eigenvalue weighted by molar-refractivity contribution is 5.53. The maximum Gasteiger partial charge on any atom is 0.121 e. The fourth-order valence-corrected chi connectivity index (χ4v) is 7.48. The third-order valence-electron chi connectivity index (χ3n) is 9.31. The fourth-order valence-electron chi connectivity index (χ4n) is 7.48. The molecular formula is C38H30N2. The van der Waals surface area contributed by atoms with Crippen LogP contribution >= 0.6 is 0 Å². The lowest BCUT2D eigenvalue weighted by molar-refractivity contribution is 0.150. The van der Waals surface area contributed by atoms with Crippen molar-refractivity contribution in [3.63, 3.8) is 0 Å². The maximum atomic E-state index is 5.23. The first-order chi connectivity index (χ1) is 19.5. The normalized spacial score (nSPS) is 26.4. The lowest BCUT2D eigenvalue weighted by Gasteiger charge is -2.41. The van der Waals surface area contributed by atoms with E-state index in [1.807, 2.05) is 60.7 Å². The van der Waals surface area contributed by atoms with Crippen molar-refractivity contribution in [1.29, 1.82) is 0 Å². The van der Waals surface area contributed by atoms with Crippen LogP contribution in [0.1, 0.15) is 53.6 Å². The topological polar surface area (TPSA) is 24.7 Å². The minimum Gasteiger partial charge on any atom is -0.181 e. The second kappa shape index (κ2) is 9.22. The Balaban J connectivity index is 1.31. The van der Waals surface area contributed by atoms with Crippen LogP contribution in [0.5, 0.6) is 0 Å². The molecule has 1 saturated carbocycles. The van der Waals surface area contributed by atoms with Gasteiger partial charge in [-0.2, -0.15) is 10.2 Å². The van der Waals surface area contributed by atoms with Gasteiger partial charge in [0, 0.05) is 39.5 Å². The van der Waals surface area contributed by atoms with E-state index in [0.717, 1.165) is 28.7 Å². The molecule has 1 heterocycles. The Morgan fingerprint density at radius 3 is 1.62 bits per heavy atom. The first-order valence-corrected chi connectivity index (χ1v) is 14.0. The summed E-state index contributed by atoms with van der Waals surface area (Å²) in [6.45, 7) is 4.73. The molecule has 3 aliphatic rings. The first-order valence-electron chi connectivity index (χ1n) is 14.0. The van der Waals surface area contributed by atoms with Crippen molar-refractivity contribution >= 4 is 0 Å². The summed E-state index contributed by atoms with van der Waals surface area (Å²) in [6, 6.07) is 37.7. The van der Waals surface area contributed by atoms with E-state index in [1.54, 1.807) is 0 Å². The summed E-state index contributed by atoms with van der Waals surface area (Å²) in [5.41, 5.74) is 5.30. The molecule has 1 fully saturated rings. The molecule has 40 heavy (non-hydrogen) atoms. The van der Waals surface area contributed by atoms with Gasteiger partial charge in [-0.15, -0.1) is 0 Å². The van der Waals surface area contributed by atoms with Gasteiger partial charge in [0.2, 0.25) is 0 Å². The Morgan fingerprint density at radius 1 is 0.575 bits per heavy atom. The molecule has 2 aliphatic carbocycles. The number of benzene rings is 4. The molecule has 0 amide bonds. The summed E-state index contributed by atoms with van der Waals surface area (Å²) in [4.78, 5) is 0. The molecule has 2 bridgehead atoms. The van der Waals surface area contributed by atoms with Crippen molar-refractivity contribution in [2.24, 2.45) is 27.5 Å². The van der Waals surface area contributed by atoms with Gasteiger partial charge in [0.15, 0.2) is 0 Å². The highest BCUT2D eigenvalue weighted by Gasteiger charge is 2.77. The van der Waals surface area contributed by atoms with Gasteiger partial charge < -0.3 is 0 Å². The average molecular weight is 515 g/mol. The minimum absolute atomic E-state index is 0.253. The summed E-state index contributed by atoms with van der Waals surface area (Å²) in [6.07, 6.45) is 5.73. The number of hydrogen-bond donors (Lipinski definition) is 0. The van der Waals surface area contributed by atoms with Crippen LogP contribution < -0.4 is 0 Å². The van der Waals surface area contributed by atoms with Crippen LogP contribution in [0.25, 0.3) is 0 Å². The molecule has 192 valence electrons. The lowest BCUT2D eigenvalue weighted by atomic mass is 9.61. The third kappa shape index (κ3) is 3.46. The quantitative estimate of drug-likeness (QED) is 0.190. The monoisotopic (exact) mass is 514 g/mol. The van der Waals surface area contributed by atoms with Gasteiger partial charge in [0.05, 0.1) is 0 Å². The SMILES string of the molecule is CC1(C)[C@]2(c3cccc(C#Cc4ccccc4)c3)N=N[C@@]1(c1cccc(C#Cc3ccccc3)c1)[C@H]1C=CC[C@H]12. The third-order valence-corrected chi connectivity index (χ3v) is 9.31. The summed E-state index contributed by atoms with van der Waals surface area (Å²) >= 11 is 0. The van der Waals surface area contributed by atoms with Crippen molar-refractivity contribution < 1.29 is 0 Å². The van der Waals surface area contributed by atoms with Crippen LogP contribution in [0, 0.1) is 40.9 Å². The maximum absolute atomic E-state index is 5.23. The number of hydrogen-bond acceptors (Lipinski definition) is 2. The van der Waals surface area contributed by atoms with Gasteiger partial charge >= 0.3 is 0 Å². The second-order valence-corrected chi connectivity index (χ2v) is 11.5. The number of rotatable bonds is 2. The molecule has 0 N–H and O–H groups in total. The lowest BCUT2D eigenvalue weighted by Crippen LogP contribution is -2.44. The second-order valence-electron chi connectivity index (χ2n) is 11.5. The number of azo groups is 1. The number of nitrogens with zero attached hydrogens (tertiary/aromatic N) is 2. The largest absolute Gasteiger partial charge is 0.181 e. The van der Waals surface area contributed by atoms with E-state index in [2.05, 4.69) is 98.2 Å². The van der Waals surface area contributed by atoms with Crippen LogP contribution in [0.3, 0.4) is 0 Å². The zero-order chi connectivity index (χ0) is 27.2. The van der Waals surface area contributed by atoms with Gasteiger partial charge in [-0.25, -0.2) is 0 Å². The first kappa shape index (κ1) is 24.4. The summed E-state index contributed by atoms with van der Waals surface area (Å²) in [5.74, 6) is 14.0. The van der Waals surface area contributed by atoms with Gasteiger partial charge in [0.1, 0.15) is 11.1 Å². The Hall–Kier alpha value is -4.66. The Labute approximate surface area is 236 Å². The molecule has 4 atom stereocenters. The van der Waals surface area contributed by atoms with E-state index in [0.29, 0.717) is 5.92 Å². The predicted octanol–water partition coefficient (Wildman–Crippen LogP) is 8.27. The Morgan fingerprint density at radius 2 is 1.05 bits per heavy atom. The van der Waals surface area contributed by atoms with E-state index in [1.165, 1.54) is 11.1 Å². The predicted molar refractivity (Wildman–Crippen MR) is 160 cm³/mol. The van der Waals surface area contributed by atoms with Crippen LogP contribution in [-0.4, -0.2) is 0 Å². The zero-order valence-corrected chi connectivity index (χ0v) is 22.8. The van der Waals surface area contributed by atoms with Crippen LogP contribution in [-0.2, 0) is 11.1 Å². The van der Waals surface area contributed by atoms with E-state index < -0.39 is 11.1 Å². The van der Waals surface area contributed by atoms with Crippen molar-refractivity contribution in [3.8, 4) is 23.7 Å². The van der Waals surface area contributed by atoms with Crippen LogP contribution in [0.4, 0.5) is 0 Å². The molecule has 0 radical (unpaired) electrons. The van der Waals surface area contributed by atoms with Gasteiger partial charge in [-0.3, -0.25) is 0 Å². The highest BCUT2D eigenvalue weighted by Crippen LogP contribution is 2.76. The molecule has 4 aromatic rings. The molecule has 2 nitrogen and oxygen atoms in total. The number of allylic oxidation sites excluding steroid dienone is 1. The molecule has 2 heteroatoms. The van der Waals surface area contributed by atoms with Gasteiger partial charge in [0.25, 0.3) is 0 Å². The summed E-state index contributed by atoms with van der Waals surface area (Å²) in [7, 11) is 0. The summed E-state index contributed by atoms with van der Waals surface area (Å²) < 4.78 is 0. The van der Waals surface area contributed by atoms with Crippen LogP contribution in [0.2, 0.25) is 0 Å². The molecule has 4 aromatic carbocycles. The van der Waals surface area contributed by atoms with E-state index in [9.17, 15) is 0 Å².